The van der Waals surface area contributed by atoms with Crippen LogP contribution in [0.2, 0.25) is 0 Å². The number of rotatable bonds is 6. The smallest absolute Gasteiger partial charge is 0.277 e. The highest BCUT2D eigenvalue weighted by Gasteiger charge is 2.25. The fraction of sp³-hybridized carbons (Fsp3) is 0.350. The molecule has 1 saturated carbocycles. The zero-order chi connectivity index (χ0) is 19.0. The van der Waals surface area contributed by atoms with Crippen molar-refractivity contribution in [2.45, 2.75) is 45.6 Å². The van der Waals surface area contributed by atoms with Crippen LogP contribution in [0.15, 0.2) is 36.7 Å². The number of hydrogen-bond donors (Lipinski definition) is 0. The first-order valence-electron chi connectivity index (χ1n) is 9.04. The molecule has 6 nitrogen and oxygen atoms in total. The number of benzene rings is 1. The van der Waals surface area contributed by atoms with Crippen molar-refractivity contribution < 1.29 is 13.9 Å². The van der Waals surface area contributed by atoms with Gasteiger partial charge in [0.25, 0.3) is 11.8 Å². The third kappa shape index (κ3) is 3.63. The van der Waals surface area contributed by atoms with Gasteiger partial charge >= 0.3 is 0 Å². The average Bonchev–Trinajstić information content (AvgIpc) is 3.45. The molecule has 0 aliphatic heterocycles. The van der Waals surface area contributed by atoms with Crippen LogP contribution in [0.1, 0.15) is 43.9 Å². The summed E-state index contributed by atoms with van der Waals surface area (Å²) >= 11 is 0. The van der Waals surface area contributed by atoms with Crippen molar-refractivity contribution >= 4 is 0 Å². The van der Waals surface area contributed by atoms with E-state index in [0.717, 1.165) is 5.56 Å². The van der Waals surface area contributed by atoms with Crippen LogP contribution in [0.3, 0.4) is 0 Å². The minimum atomic E-state index is -0.454. The number of ether oxygens (including phenoxy) is 2. The van der Waals surface area contributed by atoms with Crippen LogP contribution in [-0.2, 0) is 0 Å². The normalized spacial score (nSPS) is 13.8. The maximum Gasteiger partial charge on any atom is 0.277 e. The van der Waals surface area contributed by atoms with E-state index in [1.54, 1.807) is 22.9 Å². The highest BCUT2D eigenvalue weighted by Crippen LogP contribution is 2.40. The second-order valence-corrected chi connectivity index (χ2v) is 6.92. The van der Waals surface area contributed by atoms with E-state index in [4.69, 9.17) is 9.47 Å². The summed E-state index contributed by atoms with van der Waals surface area (Å²) in [5, 5.41) is 4.46. The van der Waals surface area contributed by atoms with Crippen molar-refractivity contribution in [3.8, 4) is 23.3 Å². The first kappa shape index (κ1) is 17.5. The lowest BCUT2D eigenvalue weighted by Gasteiger charge is -2.10. The maximum atomic E-state index is 14.0. The van der Waals surface area contributed by atoms with Gasteiger partial charge in [0, 0.05) is 12.4 Å². The molecule has 1 aliphatic carbocycles. The van der Waals surface area contributed by atoms with Gasteiger partial charge in [0.05, 0.1) is 11.8 Å². The van der Waals surface area contributed by atoms with Crippen LogP contribution >= 0.6 is 0 Å². The molecule has 1 fully saturated rings. The van der Waals surface area contributed by atoms with Crippen LogP contribution in [0.25, 0.3) is 5.95 Å². The highest BCUT2D eigenvalue weighted by atomic mass is 19.1. The van der Waals surface area contributed by atoms with E-state index in [0.29, 0.717) is 23.3 Å². The molecule has 0 amide bonds. The standard InChI is InChI=1S/C20H21FN4O2/c1-12(2)26-19-18(27-17-7-5-4-6-16(17)21)13(3)25(24-19)20-22-10-15(11-23-20)14-8-9-14/h4-7,10-12,14H,8-9H2,1-3H3. The van der Waals surface area contributed by atoms with Gasteiger partial charge in [-0.05, 0) is 57.2 Å². The quantitative estimate of drug-likeness (QED) is 0.638. The average molecular weight is 368 g/mol. The van der Waals surface area contributed by atoms with Gasteiger partial charge in [0.1, 0.15) is 0 Å². The van der Waals surface area contributed by atoms with Crippen LogP contribution < -0.4 is 9.47 Å². The second-order valence-electron chi connectivity index (χ2n) is 6.92. The van der Waals surface area contributed by atoms with Crippen molar-refractivity contribution in [3.63, 3.8) is 0 Å². The van der Waals surface area contributed by atoms with E-state index in [-0.39, 0.29) is 17.7 Å². The Morgan fingerprint density at radius 1 is 1.15 bits per heavy atom. The molecule has 1 aliphatic rings. The molecule has 2 heterocycles. The molecule has 0 N–H and O–H groups in total. The summed E-state index contributed by atoms with van der Waals surface area (Å²) in [6, 6.07) is 6.23. The van der Waals surface area contributed by atoms with Crippen molar-refractivity contribution in [3.05, 3.63) is 53.7 Å². The fourth-order valence-electron chi connectivity index (χ4n) is 2.78. The predicted octanol–water partition coefficient (Wildman–Crippen LogP) is 4.57. The predicted molar refractivity (Wildman–Crippen MR) is 98.1 cm³/mol. The van der Waals surface area contributed by atoms with E-state index in [1.807, 2.05) is 33.2 Å². The molecule has 0 unspecified atom stereocenters. The van der Waals surface area contributed by atoms with Gasteiger partial charge < -0.3 is 9.47 Å². The molecule has 0 atom stereocenters. The summed E-state index contributed by atoms with van der Waals surface area (Å²) in [7, 11) is 0. The van der Waals surface area contributed by atoms with Crippen LogP contribution in [0.5, 0.6) is 17.4 Å². The van der Waals surface area contributed by atoms with E-state index in [9.17, 15) is 4.39 Å². The third-order valence-corrected chi connectivity index (χ3v) is 4.32. The van der Waals surface area contributed by atoms with E-state index in [1.165, 1.54) is 18.9 Å². The Bertz CT molecular complexity index is 949. The van der Waals surface area contributed by atoms with E-state index in [2.05, 4.69) is 15.1 Å². The zero-order valence-corrected chi connectivity index (χ0v) is 15.5. The lowest BCUT2D eigenvalue weighted by molar-refractivity contribution is 0.222. The van der Waals surface area contributed by atoms with Crippen molar-refractivity contribution in [1.29, 1.82) is 0 Å². The summed E-state index contributed by atoms with van der Waals surface area (Å²) in [4.78, 5) is 8.87. The molecular formula is C20H21FN4O2. The molecular weight excluding hydrogens is 347 g/mol. The van der Waals surface area contributed by atoms with Gasteiger partial charge in [-0.15, -0.1) is 5.10 Å². The number of aromatic nitrogens is 4. The Morgan fingerprint density at radius 2 is 1.85 bits per heavy atom. The summed E-state index contributed by atoms with van der Waals surface area (Å²) < 4.78 is 27.2. The van der Waals surface area contributed by atoms with Crippen LogP contribution in [0, 0.1) is 12.7 Å². The number of nitrogens with zero attached hydrogens (tertiary/aromatic N) is 4. The number of hydrogen-bond acceptors (Lipinski definition) is 5. The molecule has 7 heteroatoms. The largest absolute Gasteiger partial charge is 0.471 e. The van der Waals surface area contributed by atoms with Gasteiger partial charge in [-0.1, -0.05) is 12.1 Å². The van der Waals surface area contributed by atoms with E-state index >= 15 is 0 Å². The lowest BCUT2D eigenvalue weighted by atomic mass is 10.2. The van der Waals surface area contributed by atoms with Crippen molar-refractivity contribution in [2.75, 3.05) is 0 Å². The highest BCUT2D eigenvalue weighted by molar-refractivity contribution is 5.44. The first-order valence-corrected chi connectivity index (χ1v) is 9.04. The van der Waals surface area contributed by atoms with Crippen molar-refractivity contribution in [2.24, 2.45) is 0 Å². The molecule has 0 saturated heterocycles. The summed E-state index contributed by atoms with van der Waals surface area (Å²) in [6.07, 6.45) is 5.93. The van der Waals surface area contributed by atoms with Gasteiger partial charge in [-0.3, -0.25) is 0 Å². The number of para-hydroxylation sites is 1. The van der Waals surface area contributed by atoms with Crippen molar-refractivity contribution in [1.82, 2.24) is 19.7 Å². The lowest BCUT2D eigenvalue weighted by Crippen LogP contribution is -2.08. The fourth-order valence-corrected chi connectivity index (χ4v) is 2.78. The molecule has 0 radical (unpaired) electrons. The van der Waals surface area contributed by atoms with Gasteiger partial charge in [-0.2, -0.15) is 4.68 Å². The molecule has 2 aromatic heterocycles. The van der Waals surface area contributed by atoms with Gasteiger partial charge in [0.2, 0.25) is 5.75 Å². The zero-order valence-electron chi connectivity index (χ0n) is 15.5. The summed E-state index contributed by atoms with van der Waals surface area (Å²) in [6.45, 7) is 5.60. The number of halogens is 1. The Morgan fingerprint density at radius 3 is 2.48 bits per heavy atom. The van der Waals surface area contributed by atoms with E-state index < -0.39 is 5.82 Å². The summed E-state index contributed by atoms with van der Waals surface area (Å²) in [5.41, 5.74) is 1.78. The molecule has 0 spiro atoms. The molecule has 3 aromatic rings. The Labute approximate surface area is 157 Å². The van der Waals surface area contributed by atoms with Crippen LogP contribution in [0.4, 0.5) is 4.39 Å². The Kier molecular flexibility index (Phi) is 4.51. The van der Waals surface area contributed by atoms with Gasteiger partial charge in [0.15, 0.2) is 11.6 Å². The topological polar surface area (TPSA) is 62.1 Å². The minimum Gasteiger partial charge on any atom is -0.471 e. The molecule has 27 heavy (non-hydrogen) atoms. The Hall–Kier alpha value is -2.96. The SMILES string of the molecule is Cc1c(Oc2ccccc2F)c(OC(C)C)nn1-c1ncc(C2CC2)cn1. The monoisotopic (exact) mass is 368 g/mol. The second kappa shape index (κ2) is 6.98. The molecule has 1 aromatic carbocycles. The van der Waals surface area contributed by atoms with Gasteiger partial charge in [-0.25, -0.2) is 14.4 Å². The minimum absolute atomic E-state index is 0.110. The maximum absolute atomic E-state index is 14.0. The third-order valence-electron chi connectivity index (χ3n) is 4.32. The Balaban J connectivity index is 1.72. The molecule has 140 valence electrons. The molecule has 0 bridgehead atoms. The first-order chi connectivity index (χ1) is 13.0. The van der Waals surface area contributed by atoms with Crippen LogP contribution in [-0.4, -0.2) is 25.9 Å². The summed E-state index contributed by atoms with van der Waals surface area (Å²) in [5.74, 6) is 1.29. The molecule has 4 rings (SSSR count).